The lowest BCUT2D eigenvalue weighted by atomic mass is 10.1. The smallest absolute Gasteiger partial charge is 0.408 e. The highest BCUT2D eigenvalue weighted by Crippen LogP contribution is 2.05. The summed E-state index contributed by atoms with van der Waals surface area (Å²) in [4.78, 5) is 15.1. The number of hydrazine groups is 1. The molecule has 1 aromatic heterocycles. The van der Waals surface area contributed by atoms with Gasteiger partial charge in [0.05, 0.1) is 6.20 Å². The van der Waals surface area contributed by atoms with Crippen molar-refractivity contribution in [3.8, 4) is 5.75 Å². The van der Waals surface area contributed by atoms with Crippen LogP contribution in [0.1, 0.15) is 20.8 Å². The van der Waals surface area contributed by atoms with E-state index in [1.54, 1.807) is 18.3 Å². The molecule has 1 rings (SSSR count). The van der Waals surface area contributed by atoms with Crippen molar-refractivity contribution in [2.75, 3.05) is 0 Å². The van der Waals surface area contributed by atoms with E-state index in [1.165, 1.54) is 6.20 Å². The summed E-state index contributed by atoms with van der Waals surface area (Å²) in [5, 5.41) is 0. The first-order valence-electron chi connectivity index (χ1n) is 4.62. The number of carbonyl (C=O) groups is 1. The van der Waals surface area contributed by atoms with Crippen LogP contribution in [0.5, 0.6) is 5.75 Å². The van der Waals surface area contributed by atoms with Crippen molar-refractivity contribution in [3.05, 3.63) is 24.5 Å². The fraction of sp³-hybridized carbons (Fsp3) is 0.400. The molecule has 0 radical (unpaired) electrons. The number of ether oxygens (including phenoxy) is 1. The summed E-state index contributed by atoms with van der Waals surface area (Å²) in [6.45, 7) is 5.78. The topological polar surface area (TPSA) is 63.2 Å². The lowest BCUT2D eigenvalue weighted by Crippen LogP contribution is -2.49. The predicted molar refractivity (Wildman–Crippen MR) is 56.3 cm³/mol. The van der Waals surface area contributed by atoms with Gasteiger partial charge in [-0.2, -0.15) is 0 Å². The Morgan fingerprint density at radius 2 is 2.20 bits per heavy atom. The number of carbonyl (C=O) groups excluding carboxylic acids is 1. The molecule has 0 unspecified atom stereocenters. The van der Waals surface area contributed by atoms with E-state index in [-0.39, 0.29) is 5.54 Å². The predicted octanol–water partition coefficient (Wildman–Crippen LogP) is 1.47. The van der Waals surface area contributed by atoms with Crippen molar-refractivity contribution < 1.29 is 9.53 Å². The summed E-state index contributed by atoms with van der Waals surface area (Å²) in [6.07, 6.45) is 2.52. The van der Waals surface area contributed by atoms with Gasteiger partial charge in [-0.3, -0.25) is 10.4 Å². The Morgan fingerprint density at radius 3 is 2.73 bits per heavy atom. The van der Waals surface area contributed by atoms with Crippen LogP contribution in [0.2, 0.25) is 0 Å². The van der Waals surface area contributed by atoms with Gasteiger partial charge in [0.2, 0.25) is 0 Å². The summed E-state index contributed by atoms with van der Waals surface area (Å²) in [5.74, 6) is 0.408. The second-order valence-electron chi connectivity index (χ2n) is 4.08. The molecule has 1 amide bonds. The molecule has 82 valence electrons. The maximum atomic E-state index is 11.2. The van der Waals surface area contributed by atoms with Crippen molar-refractivity contribution in [1.82, 2.24) is 15.8 Å². The van der Waals surface area contributed by atoms with Crippen LogP contribution in [0, 0.1) is 0 Å². The molecule has 0 bridgehead atoms. The Hall–Kier alpha value is -1.62. The number of pyridine rings is 1. The fourth-order valence-electron chi connectivity index (χ4n) is 0.779. The van der Waals surface area contributed by atoms with Gasteiger partial charge in [-0.1, -0.05) is 0 Å². The Labute approximate surface area is 88.8 Å². The molecule has 0 spiro atoms. The third-order valence-corrected chi connectivity index (χ3v) is 1.38. The van der Waals surface area contributed by atoms with Gasteiger partial charge >= 0.3 is 6.09 Å². The van der Waals surface area contributed by atoms with Crippen LogP contribution in [0.15, 0.2) is 24.5 Å². The maximum Gasteiger partial charge on any atom is 0.427 e. The first-order chi connectivity index (χ1) is 6.97. The summed E-state index contributed by atoms with van der Waals surface area (Å²) >= 11 is 0. The largest absolute Gasteiger partial charge is 0.427 e. The first-order valence-corrected chi connectivity index (χ1v) is 4.62. The molecule has 15 heavy (non-hydrogen) atoms. The molecular weight excluding hydrogens is 194 g/mol. The standard InChI is InChI=1S/C10H15N3O2/c1-10(2,3)13-12-9(14)15-8-5-4-6-11-7-8/h4-7,13H,1-3H3,(H,12,14). The highest BCUT2D eigenvalue weighted by atomic mass is 16.6. The summed E-state index contributed by atoms with van der Waals surface area (Å²) in [7, 11) is 0. The number of nitrogens with one attached hydrogen (secondary N) is 2. The third kappa shape index (κ3) is 4.97. The van der Waals surface area contributed by atoms with Gasteiger partial charge in [0.1, 0.15) is 0 Å². The number of aromatic nitrogens is 1. The second-order valence-corrected chi connectivity index (χ2v) is 4.08. The van der Waals surface area contributed by atoms with Gasteiger partial charge in [-0.15, -0.1) is 0 Å². The molecule has 0 fully saturated rings. The number of rotatable bonds is 2. The molecule has 1 heterocycles. The maximum absolute atomic E-state index is 11.2. The van der Waals surface area contributed by atoms with Crippen LogP contribution in [-0.2, 0) is 0 Å². The normalized spacial score (nSPS) is 10.9. The third-order valence-electron chi connectivity index (χ3n) is 1.38. The van der Waals surface area contributed by atoms with Crippen molar-refractivity contribution >= 4 is 6.09 Å². The zero-order chi connectivity index (χ0) is 11.3. The second kappa shape index (κ2) is 4.75. The van der Waals surface area contributed by atoms with Crippen LogP contribution in [0.25, 0.3) is 0 Å². The van der Waals surface area contributed by atoms with E-state index in [0.29, 0.717) is 5.75 Å². The Bertz CT molecular complexity index is 319. The van der Waals surface area contributed by atoms with Gasteiger partial charge in [-0.25, -0.2) is 10.2 Å². The Balaban J connectivity index is 2.38. The molecule has 0 saturated heterocycles. The molecule has 0 aliphatic carbocycles. The van der Waals surface area contributed by atoms with Gasteiger partial charge in [-0.05, 0) is 32.9 Å². The van der Waals surface area contributed by atoms with E-state index < -0.39 is 6.09 Å². The van der Waals surface area contributed by atoms with E-state index in [0.717, 1.165) is 0 Å². The highest BCUT2D eigenvalue weighted by molar-refractivity contribution is 5.69. The summed E-state index contributed by atoms with van der Waals surface area (Å²) in [5.41, 5.74) is 5.03. The van der Waals surface area contributed by atoms with E-state index in [4.69, 9.17) is 4.74 Å². The molecule has 5 heteroatoms. The van der Waals surface area contributed by atoms with Gasteiger partial charge < -0.3 is 4.74 Å². The molecule has 1 aromatic rings. The van der Waals surface area contributed by atoms with E-state index >= 15 is 0 Å². The van der Waals surface area contributed by atoms with Gasteiger partial charge in [0, 0.05) is 11.7 Å². The number of hydrogen-bond donors (Lipinski definition) is 2. The van der Waals surface area contributed by atoms with Crippen LogP contribution in [0.4, 0.5) is 4.79 Å². The molecule has 0 aliphatic heterocycles. The van der Waals surface area contributed by atoms with Crippen molar-refractivity contribution in [2.24, 2.45) is 0 Å². The van der Waals surface area contributed by atoms with E-state index in [2.05, 4.69) is 15.8 Å². The van der Waals surface area contributed by atoms with Crippen molar-refractivity contribution in [1.29, 1.82) is 0 Å². The zero-order valence-corrected chi connectivity index (χ0v) is 9.07. The summed E-state index contributed by atoms with van der Waals surface area (Å²) < 4.78 is 4.93. The quantitative estimate of drug-likeness (QED) is 0.724. The van der Waals surface area contributed by atoms with Crippen molar-refractivity contribution in [2.45, 2.75) is 26.3 Å². The Kier molecular flexibility index (Phi) is 3.62. The van der Waals surface area contributed by atoms with Crippen LogP contribution in [0.3, 0.4) is 0 Å². The minimum absolute atomic E-state index is 0.200. The van der Waals surface area contributed by atoms with Crippen molar-refractivity contribution in [3.63, 3.8) is 0 Å². The monoisotopic (exact) mass is 209 g/mol. The molecule has 0 saturated carbocycles. The molecular formula is C10H15N3O2. The van der Waals surface area contributed by atoms with E-state index in [9.17, 15) is 4.79 Å². The lowest BCUT2D eigenvalue weighted by Gasteiger charge is -2.20. The first kappa shape index (κ1) is 11.5. The molecule has 0 aromatic carbocycles. The Morgan fingerprint density at radius 1 is 1.47 bits per heavy atom. The molecule has 5 nitrogen and oxygen atoms in total. The highest BCUT2D eigenvalue weighted by Gasteiger charge is 2.11. The minimum atomic E-state index is -0.557. The SMILES string of the molecule is CC(C)(C)NNC(=O)Oc1cccnc1. The fourth-order valence-corrected chi connectivity index (χ4v) is 0.779. The van der Waals surface area contributed by atoms with Gasteiger partial charge in [0.15, 0.2) is 5.75 Å². The number of nitrogens with zero attached hydrogens (tertiary/aromatic N) is 1. The molecule has 0 atom stereocenters. The van der Waals surface area contributed by atoms with Crippen LogP contribution in [-0.4, -0.2) is 16.6 Å². The van der Waals surface area contributed by atoms with Crippen LogP contribution < -0.4 is 15.6 Å². The van der Waals surface area contributed by atoms with Gasteiger partial charge in [0.25, 0.3) is 0 Å². The van der Waals surface area contributed by atoms with Crippen LogP contribution >= 0.6 is 0 Å². The lowest BCUT2D eigenvalue weighted by molar-refractivity contribution is 0.188. The number of amides is 1. The molecule has 0 aliphatic rings. The number of hydrogen-bond acceptors (Lipinski definition) is 4. The summed E-state index contributed by atoms with van der Waals surface area (Å²) in [6, 6.07) is 3.35. The minimum Gasteiger partial charge on any atom is -0.408 e. The average molecular weight is 209 g/mol. The van der Waals surface area contributed by atoms with E-state index in [1.807, 2.05) is 20.8 Å². The zero-order valence-electron chi connectivity index (χ0n) is 9.07. The average Bonchev–Trinajstić information content (AvgIpc) is 2.15. The molecule has 2 N–H and O–H groups in total.